The van der Waals surface area contributed by atoms with E-state index >= 15 is 0 Å². The number of halogens is 1. The molecule has 4 rings (SSSR count). The summed E-state index contributed by atoms with van der Waals surface area (Å²) in [6.07, 6.45) is 2.94. The maximum absolute atomic E-state index is 13.1. The average molecular weight is 423 g/mol. The molecule has 31 heavy (non-hydrogen) atoms. The summed E-state index contributed by atoms with van der Waals surface area (Å²) in [5, 5.41) is 0. The van der Waals surface area contributed by atoms with E-state index in [0.29, 0.717) is 36.3 Å². The van der Waals surface area contributed by atoms with Gasteiger partial charge >= 0.3 is 5.97 Å². The fourth-order valence-corrected chi connectivity index (χ4v) is 3.72. The zero-order valence-electron chi connectivity index (χ0n) is 17.1. The highest BCUT2D eigenvalue weighted by molar-refractivity contribution is 5.94. The lowest BCUT2D eigenvalue weighted by Gasteiger charge is -2.31. The molecular weight excluding hydrogens is 401 g/mol. The van der Waals surface area contributed by atoms with Gasteiger partial charge in [0.15, 0.2) is 0 Å². The van der Waals surface area contributed by atoms with Gasteiger partial charge in [-0.3, -0.25) is 18.8 Å². The maximum Gasteiger partial charge on any atom is 0.311 e. The van der Waals surface area contributed by atoms with Crippen molar-refractivity contribution in [3.8, 4) is 0 Å². The highest BCUT2D eigenvalue weighted by Gasteiger charge is 2.30. The molecule has 1 atom stereocenters. The fourth-order valence-electron chi connectivity index (χ4n) is 3.72. The van der Waals surface area contributed by atoms with E-state index in [2.05, 4.69) is 4.98 Å². The number of aromatic nitrogens is 2. The van der Waals surface area contributed by atoms with Gasteiger partial charge in [-0.05, 0) is 61.7 Å². The summed E-state index contributed by atoms with van der Waals surface area (Å²) in [5.41, 5.74) is 1.97. The quantitative estimate of drug-likeness (QED) is 0.603. The Morgan fingerprint density at radius 3 is 2.74 bits per heavy atom. The van der Waals surface area contributed by atoms with Gasteiger partial charge in [-0.15, -0.1) is 0 Å². The van der Waals surface area contributed by atoms with Crippen LogP contribution in [0.4, 0.5) is 4.39 Å². The van der Waals surface area contributed by atoms with Gasteiger partial charge in [0.05, 0.1) is 11.6 Å². The maximum atomic E-state index is 13.1. The van der Waals surface area contributed by atoms with Gasteiger partial charge in [-0.2, -0.15) is 0 Å². The SMILES string of the molecule is Cc1ccn2c(=O)cc(COC(=O)C3CCCN(C(=O)c4ccc(F)cc4)C3)nc2c1. The van der Waals surface area contributed by atoms with Gasteiger partial charge < -0.3 is 9.64 Å². The predicted molar refractivity (Wildman–Crippen MR) is 111 cm³/mol. The van der Waals surface area contributed by atoms with E-state index in [0.717, 1.165) is 5.56 Å². The van der Waals surface area contributed by atoms with Crippen LogP contribution in [0.2, 0.25) is 0 Å². The third-order valence-corrected chi connectivity index (χ3v) is 5.37. The van der Waals surface area contributed by atoms with Crippen LogP contribution in [-0.4, -0.2) is 39.3 Å². The second-order valence-corrected chi connectivity index (χ2v) is 7.72. The van der Waals surface area contributed by atoms with Gasteiger partial charge in [-0.1, -0.05) is 0 Å². The molecule has 0 saturated carbocycles. The summed E-state index contributed by atoms with van der Waals surface area (Å²) < 4.78 is 19.9. The summed E-state index contributed by atoms with van der Waals surface area (Å²) in [6, 6.07) is 10.3. The minimum absolute atomic E-state index is 0.110. The van der Waals surface area contributed by atoms with Crippen molar-refractivity contribution >= 4 is 17.5 Å². The van der Waals surface area contributed by atoms with Crippen LogP contribution in [0.3, 0.4) is 0 Å². The van der Waals surface area contributed by atoms with E-state index in [1.54, 1.807) is 17.2 Å². The Kier molecular flexibility index (Phi) is 5.79. The van der Waals surface area contributed by atoms with E-state index in [1.807, 2.05) is 13.0 Å². The van der Waals surface area contributed by atoms with E-state index < -0.39 is 17.7 Å². The Bertz CT molecular complexity index is 1190. The molecule has 3 aromatic rings. The van der Waals surface area contributed by atoms with Crippen LogP contribution in [0.15, 0.2) is 53.5 Å². The number of benzene rings is 1. The van der Waals surface area contributed by atoms with Gasteiger partial charge in [0.25, 0.3) is 11.5 Å². The summed E-state index contributed by atoms with van der Waals surface area (Å²) in [6.45, 7) is 2.56. The Labute approximate surface area is 178 Å². The van der Waals surface area contributed by atoms with Crippen LogP contribution in [0.1, 0.15) is 34.5 Å². The topological polar surface area (TPSA) is 81.0 Å². The molecule has 0 bridgehead atoms. The summed E-state index contributed by atoms with van der Waals surface area (Å²) in [4.78, 5) is 43.5. The van der Waals surface area contributed by atoms with Crippen molar-refractivity contribution < 1.29 is 18.7 Å². The molecule has 1 aliphatic rings. The van der Waals surface area contributed by atoms with E-state index in [-0.39, 0.29) is 24.6 Å². The number of carbonyl (C=O) groups excluding carboxylic acids is 2. The number of hydrogen-bond acceptors (Lipinski definition) is 5. The number of amides is 1. The number of hydrogen-bond donors (Lipinski definition) is 0. The number of likely N-dealkylation sites (tertiary alicyclic amines) is 1. The Hall–Kier alpha value is -3.55. The van der Waals surface area contributed by atoms with Crippen molar-refractivity contribution in [1.29, 1.82) is 0 Å². The lowest BCUT2D eigenvalue weighted by molar-refractivity contribution is -0.151. The minimum atomic E-state index is -0.457. The molecule has 1 aliphatic heterocycles. The Morgan fingerprint density at radius 2 is 1.97 bits per heavy atom. The van der Waals surface area contributed by atoms with Gasteiger partial charge in [0, 0.05) is 30.9 Å². The van der Waals surface area contributed by atoms with Crippen LogP contribution in [-0.2, 0) is 16.1 Å². The van der Waals surface area contributed by atoms with E-state index in [1.165, 1.54) is 34.7 Å². The Balaban J connectivity index is 1.40. The first-order valence-electron chi connectivity index (χ1n) is 10.1. The summed E-state index contributed by atoms with van der Waals surface area (Å²) in [7, 11) is 0. The lowest BCUT2D eigenvalue weighted by Crippen LogP contribution is -2.42. The van der Waals surface area contributed by atoms with Crippen molar-refractivity contribution in [2.45, 2.75) is 26.4 Å². The number of nitrogens with zero attached hydrogens (tertiary/aromatic N) is 3. The van der Waals surface area contributed by atoms with Crippen LogP contribution >= 0.6 is 0 Å². The van der Waals surface area contributed by atoms with Crippen molar-refractivity contribution in [3.05, 3.63) is 81.7 Å². The molecule has 0 radical (unpaired) electrons. The third-order valence-electron chi connectivity index (χ3n) is 5.37. The van der Waals surface area contributed by atoms with Crippen molar-refractivity contribution in [2.75, 3.05) is 13.1 Å². The molecule has 1 amide bonds. The molecule has 1 fully saturated rings. The number of carbonyl (C=O) groups is 2. The smallest absolute Gasteiger partial charge is 0.311 e. The first kappa shape index (κ1) is 20.7. The van der Waals surface area contributed by atoms with E-state index in [9.17, 15) is 18.8 Å². The zero-order chi connectivity index (χ0) is 22.0. The first-order chi connectivity index (χ1) is 14.9. The standard InChI is InChI=1S/C23H22FN3O4/c1-15-8-10-27-20(11-15)25-19(12-21(27)28)14-31-23(30)17-3-2-9-26(13-17)22(29)16-4-6-18(24)7-5-16/h4-8,10-12,17H,2-3,9,13-14H2,1H3. The number of esters is 1. The number of pyridine rings is 1. The molecular formula is C23H22FN3O4. The monoisotopic (exact) mass is 423 g/mol. The highest BCUT2D eigenvalue weighted by atomic mass is 19.1. The van der Waals surface area contributed by atoms with Crippen molar-refractivity contribution in [1.82, 2.24) is 14.3 Å². The highest BCUT2D eigenvalue weighted by Crippen LogP contribution is 2.20. The molecule has 0 aliphatic carbocycles. The summed E-state index contributed by atoms with van der Waals surface area (Å²) >= 11 is 0. The molecule has 3 heterocycles. The molecule has 1 saturated heterocycles. The molecule has 0 spiro atoms. The molecule has 7 nitrogen and oxygen atoms in total. The second-order valence-electron chi connectivity index (χ2n) is 7.72. The van der Waals surface area contributed by atoms with Crippen LogP contribution < -0.4 is 5.56 Å². The average Bonchev–Trinajstić information content (AvgIpc) is 2.77. The number of aryl methyl sites for hydroxylation is 1. The van der Waals surface area contributed by atoms with Crippen molar-refractivity contribution in [3.63, 3.8) is 0 Å². The normalized spacial score (nSPS) is 16.3. The largest absolute Gasteiger partial charge is 0.459 e. The molecule has 1 aromatic carbocycles. The van der Waals surface area contributed by atoms with Crippen LogP contribution in [0.25, 0.3) is 5.65 Å². The number of rotatable bonds is 4. The Morgan fingerprint density at radius 1 is 1.19 bits per heavy atom. The molecule has 8 heteroatoms. The second kappa shape index (κ2) is 8.67. The molecule has 1 unspecified atom stereocenters. The molecule has 2 aromatic heterocycles. The predicted octanol–water partition coefficient (Wildman–Crippen LogP) is 2.74. The van der Waals surface area contributed by atoms with Crippen molar-refractivity contribution in [2.24, 2.45) is 5.92 Å². The lowest BCUT2D eigenvalue weighted by atomic mass is 9.97. The van der Waals surface area contributed by atoms with Gasteiger partial charge in [0.1, 0.15) is 18.1 Å². The minimum Gasteiger partial charge on any atom is -0.459 e. The van der Waals surface area contributed by atoms with Gasteiger partial charge in [-0.25, -0.2) is 9.37 Å². The van der Waals surface area contributed by atoms with Gasteiger partial charge in [0.2, 0.25) is 0 Å². The molecule has 160 valence electrons. The van der Waals surface area contributed by atoms with Crippen LogP contribution in [0, 0.1) is 18.7 Å². The fraction of sp³-hybridized carbons (Fsp3) is 0.304. The van der Waals surface area contributed by atoms with Crippen LogP contribution in [0.5, 0.6) is 0 Å². The number of ether oxygens (including phenoxy) is 1. The number of piperidine rings is 1. The number of fused-ring (bicyclic) bond motifs is 1. The first-order valence-corrected chi connectivity index (χ1v) is 10.1. The summed E-state index contributed by atoms with van der Waals surface area (Å²) in [5.74, 6) is -1.53. The molecule has 0 N–H and O–H groups in total. The zero-order valence-corrected chi connectivity index (χ0v) is 17.1. The third kappa shape index (κ3) is 4.63. The van der Waals surface area contributed by atoms with E-state index in [4.69, 9.17) is 4.74 Å².